The minimum Gasteiger partial charge on any atom is -0.497 e. The van der Waals surface area contributed by atoms with Crippen molar-refractivity contribution in [1.82, 2.24) is 24.6 Å². The number of amides is 2. The summed E-state index contributed by atoms with van der Waals surface area (Å²) >= 11 is 2.97. The molecule has 3 heterocycles. The molecule has 0 unspecified atom stereocenters. The van der Waals surface area contributed by atoms with Crippen LogP contribution in [0.1, 0.15) is 52.1 Å². The van der Waals surface area contributed by atoms with Crippen molar-refractivity contribution in [2.24, 2.45) is 11.8 Å². The number of ether oxygens (including phenoxy) is 3. The minimum atomic E-state index is -1.26. The van der Waals surface area contributed by atoms with Crippen LogP contribution < -0.4 is 4.74 Å². The van der Waals surface area contributed by atoms with Crippen molar-refractivity contribution in [2.45, 2.75) is 76.6 Å². The number of aromatic nitrogens is 3. The fourth-order valence-electron chi connectivity index (χ4n) is 6.22. The highest BCUT2D eigenvalue weighted by Gasteiger charge is 2.37. The molecule has 1 saturated heterocycles. The van der Waals surface area contributed by atoms with E-state index in [0.717, 1.165) is 16.3 Å². The van der Waals surface area contributed by atoms with Crippen LogP contribution in [0.5, 0.6) is 5.75 Å². The molecule has 12 nitrogen and oxygen atoms in total. The van der Waals surface area contributed by atoms with Gasteiger partial charge in [0, 0.05) is 52.7 Å². The average Bonchev–Trinajstić information content (AvgIpc) is 3.78. The van der Waals surface area contributed by atoms with Crippen molar-refractivity contribution >= 4 is 34.9 Å². The second-order valence-corrected chi connectivity index (χ2v) is 14.5. The van der Waals surface area contributed by atoms with Gasteiger partial charge in [-0.05, 0) is 54.8 Å². The Labute approximate surface area is 297 Å². The first-order chi connectivity index (χ1) is 23.6. The van der Waals surface area contributed by atoms with E-state index >= 15 is 0 Å². The van der Waals surface area contributed by atoms with Gasteiger partial charge in [0.1, 0.15) is 24.1 Å². The van der Waals surface area contributed by atoms with E-state index in [-0.39, 0.29) is 42.6 Å². The molecule has 270 valence electrons. The third-order valence-corrected chi connectivity index (χ3v) is 10.9. The van der Waals surface area contributed by atoms with Gasteiger partial charge >= 0.3 is 0 Å². The number of nitrogens with zero attached hydrogens (tertiary/aromatic N) is 5. The number of hydrogen-bond donors (Lipinski definition) is 2. The lowest BCUT2D eigenvalue weighted by molar-refractivity contribution is -0.139. The zero-order chi connectivity index (χ0) is 35.5. The normalized spacial score (nSPS) is 23.2. The maximum atomic E-state index is 14.5. The molecular formula is C35H51N5O7S2. The van der Waals surface area contributed by atoms with Gasteiger partial charge in [0.15, 0.2) is 11.0 Å². The lowest BCUT2D eigenvalue weighted by atomic mass is 9.82. The Kier molecular flexibility index (Phi) is 14.9. The van der Waals surface area contributed by atoms with E-state index < -0.39 is 24.4 Å². The lowest BCUT2D eigenvalue weighted by Gasteiger charge is -2.42. The van der Waals surface area contributed by atoms with E-state index in [1.807, 2.05) is 58.2 Å². The van der Waals surface area contributed by atoms with Gasteiger partial charge in [-0.15, -0.1) is 21.5 Å². The first-order valence-electron chi connectivity index (χ1n) is 16.8. The van der Waals surface area contributed by atoms with Crippen LogP contribution in [0.3, 0.4) is 0 Å². The number of carbonyl (C=O) groups is 2. The molecule has 1 aliphatic rings. The molecular weight excluding hydrogens is 667 g/mol. The smallest absolute Gasteiger partial charge is 0.233 e. The second kappa shape index (κ2) is 18.8. The third-order valence-electron chi connectivity index (χ3n) is 9.03. The SMILES string of the molecule is CCn1c(SCC(=O)N2CCCCOC[C@H](O)[C@H](O)[C@@H](OC)CN(C(C)=O)C[C@H](C(C)C)[C@H]2c2cccc(OC)c2)nnc1-c1cccs1. The van der Waals surface area contributed by atoms with Crippen molar-refractivity contribution < 1.29 is 34.0 Å². The molecule has 0 bridgehead atoms. The van der Waals surface area contributed by atoms with Crippen LogP contribution in [0.2, 0.25) is 0 Å². The Balaban J connectivity index is 1.74. The van der Waals surface area contributed by atoms with E-state index in [1.165, 1.54) is 25.8 Å². The first-order valence-corrected chi connectivity index (χ1v) is 18.7. The highest BCUT2D eigenvalue weighted by Crippen LogP contribution is 2.37. The lowest BCUT2D eigenvalue weighted by Crippen LogP contribution is -2.51. The van der Waals surface area contributed by atoms with E-state index in [0.29, 0.717) is 50.0 Å². The highest BCUT2D eigenvalue weighted by molar-refractivity contribution is 7.99. The first kappa shape index (κ1) is 38.8. The maximum Gasteiger partial charge on any atom is 0.233 e. The molecule has 3 aromatic rings. The molecule has 0 saturated carbocycles. The van der Waals surface area contributed by atoms with Crippen LogP contribution in [-0.4, -0.2) is 118 Å². The van der Waals surface area contributed by atoms with Crippen molar-refractivity contribution in [3.63, 3.8) is 0 Å². The standard InChI is InChI=1S/C35H51N5O7S2/c1-7-39-34(30-14-11-17-48-30)36-37-35(39)49-22-31(43)40-15-8-9-16-47-21-28(42)33(44)29(46-6)20-38(24(4)41)19-27(23(2)3)32(40)25-12-10-13-26(18-25)45-5/h10-14,17-18,23,27-29,32-33,42,44H,7-9,15-16,19-22H2,1-6H3/t27-,28+,29+,32-,33+/m1/s1. The van der Waals surface area contributed by atoms with Gasteiger partial charge in [0.05, 0.1) is 30.4 Å². The van der Waals surface area contributed by atoms with Crippen molar-refractivity contribution in [1.29, 1.82) is 0 Å². The van der Waals surface area contributed by atoms with Gasteiger partial charge in [0.25, 0.3) is 0 Å². The largest absolute Gasteiger partial charge is 0.497 e. The van der Waals surface area contributed by atoms with Gasteiger partial charge < -0.3 is 38.8 Å². The molecule has 14 heteroatoms. The van der Waals surface area contributed by atoms with E-state index in [9.17, 15) is 19.8 Å². The Hall–Kier alpha value is -3.01. The Morgan fingerprint density at radius 2 is 1.92 bits per heavy atom. The van der Waals surface area contributed by atoms with Crippen LogP contribution in [0.15, 0.2) is 46.9 Å². The molecule has 0 aliphatic carbocycles. The molecule has 2 N–H and O–H groups in total. The van der Waals surface area contributed by atoms with Crippen molar-refractivity contribution in [2.75, 3.05) is 52.8 Å². The summed E-state index contributed by atoms with van der Waals surface area (Å²) in [5.74, 6) is 1.15. The number of aliphatic hydroxyl groups excluding tert-OH is 2. The van der Waals surface area contributed by atoms with E-state index in [2.05, 4.69) is 24.0 Å². The number of hydrogen-bond acceptors (Lipinski definition) is 11. The number of benzene rings is 1. The monoisotopic (exact) mass is 717 g/mol. The predicted molar refractivity (Wildman–Crippen MR) is 191 cm³/mol. The topological polar surface area (TPSA) is 139 Å². The van der Waals surface area contributed by atoms with Crippen LogP contribution in [0.4, 0.5) is 0 Å². The Morgan fingerprint density at radius 1 is 1.12 bits per heavy atom. The zero-order valence-electron chi connectivity index (χ0n) is 29.4. The summed E-state index contributed by atoms with van der Waals surface area (Å²) in [4.78, 5) is 32.3. The minimum absolute atomic E-state index is 0.0353. The molecule has 1 aromatic carbocycles. The van der Waals surface area contributed by atoms with Gasteiger partial charge in [-0.1, -0.05) is 43.8 Å². The van der Waals surface area contributed by atoms with Crippen molar-refractivity contribution in [3.8, 4) is 16.5 Å². The summed E-state index contributed by atoms with van der Waals surface area (Å²) < 4.78 is 19.0. The van der Waals surface area contributed by atoms with Gasteiger partial charge in [0.2, 0.25) is 11.8 Å². The summed E-state index contributed by atoms with van der Waals surface area (Å²) in [7, 11) is 3.07. The van der Waals surface area contributed by atoms with E-state index in [4.69, 9.17) is 14.2 Å². The fraction of sp³-hybridized carbons (Fsp3) is 0.600. The molecule has 1 fully saturated rings. The fourth-order valence-corrected chi connectivity index (χ4v) is 7.82. The van der Waals surface area contributed by atoms with Crippen LogP contribution >= 0.6 is 23.1 Å². The van der Waals surface area contributed by atoms with Gasteiger partial charge in [-0.2, -0.15) is 0 Å². The number of thioether (sulfide) groups is 1. The second-order valence-electron chi connectivity index (χ2n) is 12.6. The number of rotatable bonds is 9. The highest BCUT2D eigenvalue weighted by atomic mass is 32.2. The van der Waals surface area contributed by atoms with Gasteiger partial charge in [-0.3, -0.25) is 9.59 Å². The van der Waals surface area contributed by atoms with Crippen LogP contribution in [-0.2, 0) is 25.6 Å². The molecule has 5 atom stereocenters. The summed E-state index contributed by atoms with van der Waals surface area (Å²) in [5, 5.41) is 33.2. The van der Waals surface area contributed by atoms with Crippen LogP contribution in [0, 0.1) is 11.8 Å². The maximum absolute atomic E-state index is 14.5. The quantitative estimate of drug-likeness (QED) is 0.307. The van der Waals surface area contributed by atoms with Crippen LogP contribution in [0.25, 0.3) is 10.7 Å². The molecule has 2 amide bonds. The Morgan fingerprint density at radius 3 is 2.57 bits per heavy atom. The average molecular weight is 718 g/mol. The third kappa shape index (κ3) is 10.0. The van der Waals surface area contributed by atoms with Gasteiger partial charge in [-0.25, -0.2) is 0 Å². The number of thiophene rings is 1. The number of carbonyl (C=O) groups excluding carboxylic acids is 2. The molecule has 1 aliphatic heterocycles. The Bertz CT molecular complexity index is 1470. The molecule has 0 spiro atoms. The number of aliphatic hydroxyl groups is 2. The van der Waals surface area contributed by atoms with E-state index in [1.54, 1.807) is 23.3 Å². The molecule has 2 aromatic heterocycles. The molecule has 4 rings (SSSR count). The summed E-state index contributed by atoms with van der Waals surface area (Å²) in [6.45, 7) is 9.44. The zero-order valence-corrected chi connectivity index (χ0v) is 31.0. The number of methoxy groups -OCH3 is 2. The summed E-state index contributed by atoms with van der Waals surface area (Å²) in [6.07, 6.45) is -2.01. The molecule has 49 heavy (non-hydrogen) atoms. The predicted octanol–water partition coefficient (Wildman–Crippen LogP) is 4.37. The summed E-state index contributed by atoms with van der Waals surface area (Å²) in [6, 6.07) is 11.3. The molecule has 0 radical (unpaired) electrons. The van der Waals surface area contributed by atoms with Crippen molar-refractivity contribution in [3.05, 3.63) is 47.3 Å². The summed E-state index contributed by atoms with van der Waals surface area (Å²) in [5.41, 5.74) is 0.899.